The van der Waals surface area contributed by atoms with Gasteiger partial charge in [0, 0.05) is 13.0 Å². The summed E-state index contributed by atoms with van der Waals surface area (Å²) in [5.41, 5.74) is 1.22. The van der Waals surface area contributed by atoms with Crippen molar-refractivity contribution in [2.75, 3.05) is 20.2 Å². The zero-order valence-electron chi connectivity index (χ0n) is 11.9. The summed E-state index contributed by atoms with van der Waals surface area (Å²) in [6, 6.07) is 7.99. The van der Waals surface area contributed by atoms with Crippen LogP contribution in [-0.4, -0.2) is 31.0 Å². The van der Waals surface area contributed by atoms with Crippen molar-refractivity contribution in [1.82, 2.24) is 4.90 Å². The van der Waals surface area contributed by atoms with Crippen molar-refractivity contribution in [3.63, 3.8) is 0 Å². The average Bonchev–Trinajstić information content (AvgIpc) is 2.94. The van der Waals surface area contributed by atoms with Gasteiger partial charge in [-0.2, -0.15) is 0 Å². The summed E-state index contributed by atoms with van der Waals surface area (Å²) in [4.78, 5) is 13.9. The highest BCUT2D eigenvalue weighted by atomic mass is 16.5. The fourth-order valence-corrected chi connectivity index (χ4v) is 2.53. The Hall–Kier alpha value is -1.51. The fraction of sp³-hybridized carbons (Fsp3) is 0.562. The van der Waals surface area contributed by atoms with Crippen LogP contribution in [0.15, 0.2) is 24.3 Å². The van der Waals surface area contributed by atoms with Crippen LogP contribution in [0.3, 0.4) is 0 Å². The molecule has 0 saturated heterocycles. The van der Waals surface area contributed by atoms with E-state index in [0.717, 1.165) is 18.6 Å². The summed E-state index contributed by atoms with van der Waals surface area (Å²) >= 11 is 0. The van der Waals surface area contributed by atoms with Crippen molar-refractivity contribution in [3.05, 3.63) is 29.8 Å². The monoisotopic (exact) mass is 261 g/mol. The van der Waals surface area contributed by atoms with E-state index >= 15 is 0 Å². The minimum atomic E-state index is 0.254. The lowest BCUT2D eigenvalue weighted by Crippen LogP contribution is -2.34. The molecule has 1 fully saturated rings. The van der Waals surface area contributed by atoms with E-state index in [0.29, 0.717) is 13.2 Å². The third kappa shape index (κ3) is 3.98. The summed E-state index contributed by atoms with van der Waals surface area (Å²) < 4.78 is 5.65. The van der Waals surface area contributed by atoms with E-state index in [9.17, 15) is 4.79 Å². The highest BCUT2D eigenvalue weighted by molar-refractivity contribution is 5.78. The van der Waals surface area contributed by atoms with Crippen LogP contribution in [0.1, 0.15) is 31.2 Å². The van der Waals surface area contributed by atoms with Gasteiger partial charge in [-0.1, -0.05) is 30.5 Å². The maximum atomic E-state index is 12.1. The van der Waals surface area contributed by atoms with Crippen molar-refractivity contribution in [2.24, 2.45) is 5.92 Å². The molecule has 0 heterocycles. The normalized spacial score (nSPS) is 15.5. The number of hydrogen-bond acceptors (Lipinski definition) is 2. The molecule has 0 aromatic heterocycles. The molecule has 0 aliphatic heterocycles. The summed E-state index contributed by atoms with van der Waals surface area (Å²) in [6.07, 6.45) is 4.51. The Morgan fingerprint density at radius 1 is 1.26 bits per heavy atom. The largest absolute Gasteiger partial charge is 0.492 e. The molecule has 1 aromatic rings. The maximum absolute atomic E-state index is 12.1. The number of carbonyl (C=O) groups excluding carboxylic acids is 1. The molecule has 1 aliphatic carbocycles. The Labute approximate surface area is 115 Å². The Balaban J connectivity index is 1.72. The molecule has 0 spiro atoms. The first kappa shape index (κ1) is 13.9. The minimum absolute atomic E-state index is 0.254. The first-order valence-electron chi connectivity index (χ1n) is 7.11. The number of nitrogens with zero attached hydrogens (tertiary/aromatic N) is 1. The van der Waals surface area contributed by atoms with E-state index in [4.69, 9.17) is 4.74 Å². The lowest BCUT2D eigenvalue weighted by atomic mass is 10.1. The minimum Gasteiger partial charge on any atom is -0.492 e. The second-order valence-electron chi connectivity index (χ2n) is 5.40. The van der Waals surface area contributed by atoms with Crippen LogP contribution in [0.2, 0.25) is 0 Å². The van der Waals surface area contributed by atoms with Gasteiger partial charge < -0.3 is 9.64 Å². The van der Waals surface area contributed by atoms with Crippen LogP contribution in [0.25, 0.3) is 0 Å². The number of amides is 1. The summed E-state index contributed by atoms with van der Waals surface area (Å²) in [7, 11) is 1.87. The van der Waals surface area contributed by atoms with Gasteiger partial charge in [0.1, 0.15) is 12.4 Å². The summed E-state index contributed by atoms with van der Waals surface area (Å²) in [6.45, 7) is 3.26. The van der Waals surface area contributed by atoms with E-state index in [1.807, 2.05) is 36.2 Å². The van der Waals surface area contributed by atoms with E-state index in [1.54, 1.807) is 0 Å². The molecule has 0 radical (unpaired) electrons. The van der Waals surface area contributed by atoms with Crippen molar-refractivity contribution in [3.8, 4) is 5.75 Å². The molecule has 3 nitrogen and oxygen atoms in total. The Morgan fingerprint density at radius 3 is 2.53 bits per heavy atom. The highest BCUT2D eigenvalue weighted by Gasteiger charge is 2.25. The molecule has 19 heavy (non-hydrogen) atoms. The van der Waals surface area contributed by atoms with Gasteiger partial charge in [-0.3, -0.25) is 4.79 Å². The van der Waals surface area contributed by atoms with Gasteiger partial charge in [-0.25, -0.2) is 0 Å². The SMILES string of the molecule is Cc1ccc(OCCN(C)C(=O)C2CCCC2)cc1. The number of ether oxygens (including phenoxy) is 1. The molecule has 0 atom stereocenters. The van der Waals surface area contributed by atoms with E-state index in [1.165, 1.54) is 18.4 Å². The predicted molar refractivity (Wildman–Crippen MR) is 76.3 cm³/mol. The van der Waals surface area contributed by atoms with Crippen molar-refractivity contribution < 1.29 is 9.53 Å². The third-order valence-electron chi connectivity index (χ3n) is 3.80. The zero-order valence-corrected chi connectivity index (χ0v) is 11.9. The second-order valence-corrected chi connectivity index (χ2v) is 5.40. The average molecular weight is 261 g/mol. The second kappa shape index (κ2) is 6.60. The van der Waals surface area contributed by atoms with E-state index in [2.05, 4.69) is 6.92 Å². The summed E-state index contributed by atoms with van der Waals surface area (Å²) in [5, 5.41) is 0. The molecule has 104 valence electrons. The molecule has 0 unspecified atom stereocenters. The lowest BCUT2D eigenvalue weighted by molar-refractivity contribution is -0.134. The fourth-order valence-electron chi connectivity index (χ4n) is 2.53. The van der Waals surface area contributed by atoms with Crippen molar-refractivity contribution in [2.45, 2.75) is 32.6 Å². The van der Waals surface area contributed by atoms with Gasteiger partial charge in [0.25, 0.3) is 0 Å². The van der Waals surface area contributed by atoms with Crippen LogP contribution >= 0.6 is 0 Å². The standard InChI is InChI=1S/C16H23NO2/c1-13-7-9-15(10-8-13)19-12-11-17(2)16(18)14-5-3-4-6-14/h7-10,14H,3-6,11-12H2,1-2H3. The van der Waals surface area contributed by atoms with E-state index < -0.39 is 0 Å². The molecule has 2 rings (SSSR count). The molecule has 1 amide bonds. The number of benzene rings is 1. The van der Waals surface area contributed by atoms with Crippen LogP contribution in [0.5, 0.6) is 5.75 Å². The van der Waals surface area contributed by atoms with Gasteiger partial charge in [0.05, 0.1) is 6.54 Å². The quantitative estimate of drug-likeness (QED) is 0.815. The first-order valence-corrected chi connectivity index (χ1v) is 7.11. The van der Waals surface area contributed by atoms with Crippen LogP contribution in [0.4, 0.5) is 0 Å². The zero-order chi connectivity index (χ0) is 13.7. The molecular weight excluding hydrogens is 238 g/mol. The number of rotatable bonds is 5. The lowest BCUT2D eigenvalue weighted by Gasteiger charge is -2.21. The predicted octanol–water partition coefficient (Wildman–Crippen LogP) is 3.02. The number of aryl methyl sites for hydroxylation is 1. The van der Waals surface area contributed by atoms with Crippen molar-refractivity contribution in [1.29, 1.82) is 0 Å². The Kier molecular flexibility index (Phi) is 4.83. The van der Waals surface area contributed by atoms with Gasteiger partial charge in [-0.15, -0.1) is 0 Å². The van der Waals surface area contributed by atoms with Crippen LogP contribution in [0, 0.1) is 12.8 Å². The first-order chi connectivity index (χ1) is 9.16. The Bertz CT molecular complexity index is 407. The van der Waals surface area contributed by atoms with Gasteiger partial charge in [0.15, 0.2) is 0 Å². The third-order valence-corrected chi connectivity index (χ3v) is 3.80. The van der Waals surface area contributed by atoms with Crippen molar-refractivity contribution >= 4 is 5.91 Å². The van der Waals surface area contributed by atoms with Crippen LogP contribution in [-0.2, 0) is 4.79 Å². The summed E-state index contributed by atoms with van der Waals surface area (Å²) in [5.74, 6) is 1.40. The molecule has 1 aromatic carbocycles. The number of likely N-dealkylation sites (N-methyl/N-ethyl adjacent to an activating group) is 1. The van der Waals surface area contributed by atoms with E-state index in [-0.39, 0.29) is 11.8 Å². The molecule has 0 bridgehead atoms. The van der Waals surface area contributed by atoms with Gasteiger partial charge in [-0.05, 0) is 31.9 Å². The topological polar surface area (TPSA) is 29.5 Å². The highest BCUT2D eigenvalue weighted by Crippen LogP contribution is 2.26. The smallest absolute Gasteiger partial charge is 0.225 e. The molecule has 1 saturated carbocycles. The molecular formula is C16H23NO2. The molecule has 1 aliphatic rings. The van der Waals surface area contributed by atoms with Gasteiger partial charge in [0.2, 0.25) is 5.91 Å². The number of hydrogen-bond donors (Lipinski definition) is 0. The molecule has 3 heteroatoms. The number of carbonyl (C=O) groups is 1. The van der Waals surface area contributed by atoms with Crippen LogP contribution < -0.4 is 4.74 Å². The maximum Gasteiger partial charge on any atom is 0.225 e. The Morgan fingerprint density at radius 2 is 1.89 bits per heavy atom. The molecule has 0 N–H and O–H groups in total. The van der Waals surface area contributed by atoms with Gasteiger partial charge >= 0.3 is 0 Å².